The molecular weight excluding hydrogens is 420 g/mol. The standard InChI is InChI=1S/C24H24N6O3/c31-23(25-13-16-6-7-16)20-12-19-21(33-20)22(29-8-10-32-11-9-29)28-24(27-19)30-15-18(14-26-30)17-4-2-1-3-5-17/h1-5,12,14-16H,6-11,13H2,(H,25,31). The van der Waals surface area contributed by atoms with E-state index in [2.05, 4.69) is 20.3 Å². The summed E-state index contributed by atoms with van der Waals surface area (Å²) in [5, 5.41) is 7.45. The van der Waals surface area contributed by atoms with Crippen LogP contribution in [0.2, 0.25) is 0 Å². The molecule has 1 amide bonds. The molecule has 0 radical (unpaired) electrons. The molecule has 2 fully saturated rings. The van der Waals surface area contributed by atoms with Crippen LogP contribution in [0.3, 0.4) is 0 Å². The quantitative estimate of drug-likeness (QED) is 0.488. The second-order valence-electron chi connectivity index (χ2n) is 8.46. The summed E-state index contributed by atoms with van der Waals surface area (Å²) in [5.74, 6) is 1.69. The molecule has 1 aliphatic heterocycles. The zero-order valence-electron chi connectivity index (χ0n) is 18.1. The molecule has 0 atom stereocenters. The minimum atomic E-state index is -0.222. The van der Waals surface area contributed by atoms with Crippen LogP contribution in [0.1, 0.15) is 23.4 Å². The van der Waals surface area contributed by atoms with E-state index in [1.807, 2.05) is 36.5 Å². The van der Waals surface area contributed by atoms with Crippen molar-refractivity contribution in [2.24, 2.45) is 5.92 Å². The van der Waals surface area contributed by atoms with Crippen molar-refractivity contribution < 1.29 is 13.9 Å². The fourth-order valence-electron chi connectivity index (χ4n) is 3.96. The Hall–Kier alpha value is -3.72. The Labute approximate surface area is 190 Å². The topological polar surface area (TPSA) is 98.3 Å². The van der Waals surface area contributed by atoms with Gasteiger partial charge in [-0.2, -0.15) is 10.1 Å². The molecule has 1 aromatic carbocycles. The zero-order valence-corrected chi connectivity index (χ0v) is 18.1. The number of anilines is 1. The SMILES string of the molecule is O=C(NCC1CC1)c1cc2nc(-n3cc(-c4ccccc4)cn3)nc(N3CCOCC3)c2o1. The minimum Gasteiger partial charge on any atom is -0.445 e. The third-order valence-corrected chi connectivity index (χ3v) is 6.02. The Kier molecular flexibility index (Phi) is 5.03. The number of nitrogens with one attached hydrogen (secondary N) is 1. The van der Waals surface area contributed by atoms with E-state index >= 15 is 0 Å². The van der Waals surface area contributed by atoms with Crippen LogP contribution < -0.4 is 10.2 Å². The van der Waals surface area contributed by atoms with Gasteiger partial charge in [0, 0.05) is 37.5 Å². The molecular formula is C24H24N6O3. The van der Waals surface area contributed by atoms with Crippen molar-refractivity contribution in [1.82, 2.24) is 25.1 Å². The van der Waals surface area contributed by atoms with Gasteiger partial charge in [0.05, 0.1) is 19.4 Å². The average Bonchev–Trinajstić information content (AvgIpc) is 3.38. The molecule has 9 nitrogen and oxygen atoms in total. The predicted octanol–water partition coefficient (Wildman–Crippen LogP) is 3.05. The lowest BCUT2D eigenvalue weighted by molar-refractivity contribution is 0.0926. The summed E-state index contributed by atoms with van der Waals surface area (Å²) in [6.07, 6.45) is 6.04. The number of amides is 1. The van der Waals surface area contributed by atoms with Crippen LogP contribution in [-0.4, -0.2) is 58.5 Å². The van der Waals surface area contributed by atoms with Crippen molar-refractivity contribution >= 4 is 22.8 Å². The molecule has 168 valence electrons. The van der Waals surface area contributed by atoms with Crippen molar-refractivity contribution in [2.75, 3.05) is 37.7 Å². The molecule has 4 aromatic rings. The molecule has 2 aliphatic rings. The van der Waals surface area contributed by atoms with Crippen LogP contribution in [0.4, 0.5) is 5.82 Å². The van der Waals surface area contributed by atoms with Crippen LogP contribution in [0.15, 0.2) is 53.2 Å². The van der Waals surface area contributed by atoms with E-state index in [1.54, 1.807) is 16.9 Å². The van der Waals surface area contributed by atoms with Gasteiger partial charge in [0.15, 0.2) is 17.2 Å². The summed E-state index contributed by atoms with van der Waals surface area (Å²) in [5.41, 5.74) is 3.12. The average molecular weight is 444 g/mol. The largest absolute Gasteiger partial charge is 0.445 e. The number of fused-ring (bicyclic) bond motifs is 1. The summed E-state index contributed by atoms with van der Waals surface area (Å²) in [6, 6.07) is 11.7. The number of ether oxygens (including phenoxy) is 1. The number of nitrogens with zero attached hydrogens (tertiary/aromatic N) is 5. The van der Waals surface area contributed by atoms with Crippen LogP contribution >= 0.6 is 0 Å². The van der Waals surface area contributed by atoms with Crippen molar-refractivity contribution in [3.63, 3.8) is 0 Å². The molecule has 0 bridgehead atoms. The highest BCUT2D eigenvalue weighted by Crippen LogP contribution is 2.30. The molecule has 1 N–H and O–H groups in total. The normalized spacial score (nSPS) is 16.3. The monoisotopic (exact) mass is 444 g/mol. The summed E-state index contributed by atoms with van der Waals surface area (Å²) in [4.78, 5) is 24.2. The fraction of sp³-hybridized carbons (Fsp3) is 0.333. The van der Waals surface area contributed by atoms with E-state index in [4.69, 9.17) is 14.1 Å². The number of carbonyl (C=O) groups is 1. The van der Waals surface area contributed by atoms with Crippen LogP contribution in [-0.2, 0) is 4.74 Å². The van der Waals surface area contributed by atoms with E-state index in [0.29, 0.717) is 61.6 Å². The van der Waals surface area contributed by atoms with Crippen LogP contribution in [0.25, 0.3) is 28.2 Å². The van der Waals surface area contributed by atoms with E-state index in [0.717, 1.165) is 11.1 Å². The molecule has 9 heteroatoms. The number of furan rings is 1. The molecule has 0 spiro atoms. The number of hydrogen-bond acceptors (Lipinski definition) is 7. The molecule has 1 saturated heterocycles. The molecule has 0 unspecified atom stereocenters. The summed E-state index contributed by atoms with van der Waals surface area (Å²) in [7, 11) is 0. The molecule has 33 heavy (non-hydrogen) atoms. The van der Waals surface area contributed by atoms with Gasteiger partial charge < -0.3 is 19.4 Å². The van der Waals surface area contributed by atoms with Gasteiger partial charge in [-0.05, 0) is 24.3 Å². The molecule has 1 saturated carbocycles. The number of aromatic nitrogens is 4. The Morgan fingerprint density at radius 2 is 1.91 bits per heavy atom. The van der Waals surface area contributed by atoms with Gasteiger partial charge in [-0.1, -0.05) is 30.3 Å². The van der Waals surface area contributed by atoms with Crippen molar-refractivity contribution in [2.45, 2.75) is 12.8 Å². The molecule has 1 aliphatic carbocycles. The second kappa shape index (κ2) is 8.32. The van der Waals surface area contributed by atoms with Gasteiger partial charge in [-0.3, -0.25) is 4.79 Å². The van der Waals surface area contributed by atoms with E-state index in [1.165, 1.54) is 12.8 Å². The Morgan fingerprint density at radius 1 is 1.09 bits per heavy atom. The Morgan fingerprint density at radius 3 is 2.70 bits per heavy atom. The molecule has 3 aromatic heterocycles. The maximum Gasteiger partial charge on any atom is 0.287 e. The lowest BCUT2D eigenvalue weighted by atomic mass is 10.1. The number of morpholine rings is 1. The Balaban J connectivity index is 1.39. The van der Waals surface area contributed by atoms with E-state index < -0.39 is 0 Å². The highest BCUT2D eigenvalue weighted by atomic mass is 16.5. The highest BCUT2D eigenvalue weighted by molar-refractivity contribution is 5.97. The number of hydrogen-bond donors (Lipinski definition) is 1. The third kappa shape index (κ3) is 4.07. The molecule has 6 rings (SSSR count). The van der Waals surface area contributed by atoms with Gasteiger partial charge in [0.25, 0.3) is 11.9 Å². The summed E-state index contributed by atoms with van der Waals surface area (Å²) < 4.78 is 13.1. The fourth-order valence-corrected chi connectivity index (χ4v) is 3.96. The van der Waals surface area contributed by atoms with Gasteiger partial charge >= 0.3 is 0 Å². The van der Waals surface area contributed by atoms with Gasteiger partial charge in [0.2, 0.25) is 0 Å². The van der Waals surface area contributed by atoms with Gasteiger partial charge in [-0.15, -0.1) is 0 Å². The first-order valence-electron chi connectivity index (χ1n) is 11.3. The van der Waals surface area contributed by atoms with Gasteiger partial charge in [-0.25, -0.2) is 9.67 Å². The van der Waals surface area contributed by atoms with Crippen LogP contribution in [0, 0.1) is 5.92 Å². The number of benzene rings is 1. The van der Waals surface area contributed by atoms with E-state index in [-0.39, 0.29) is 11.7 Å². The number of rotatable bonds is 6. The second-order valence-corrected chi connectivity index (χ2v) is 8.46. The van der Waals surface area contributed by atoms with Crippen molar-refractivity contribution in [3.8, 4) is 17.1 Å². The maximum absolute atomic E-state index is 12.6. The maximum atomic E-state index is 12.6. The third-order valence-electron chi connectivity index (χ3n) is 6.02. The summed E-state index contributed by atoms with van der Waals surface area (Å²) in [6.45, 7) is 3.26. The van der Waals surface area contributed by atoms with Crippen molar-refractivity contribution in [1.29, 1.82) is 0 Å². The first kappa shape index (κ1) is 19.9. The lowest BCUT2D eigenvalue weighted by Gasteiger charge is -2.27. The smallest absolute Gasteiger partial charge is 0.287 e. The predicted molar refractivity (Wildman–Crippen MR) is 122 cm³/mol. The van der Waals surface area contributed by atoms with E-state index in [9.17, 15) is 4.79 Å². The first-order chi connectivity index (χ1) is 16.2. The molecule has 4 heterocycles. The number of carbonyl (C=O) groups excluding carboxylic acids is 1. The van der Waals surface area contributed by atoms with Crippen molar-refractivity contribution in [3.05, 3.63) is 54.6 Å². The lowest BCUT2D eigenvalue weighted by Crippen LogP contribution is -2.37. The minimum absolute atomic E-state index is 0.222. The highest BCUT2D eigenvalue weighted by Gasteiger charge is 2.25. The summed E-state index contributed by atoms with van der Waals surface area (Å²) >= 11 is 0. The Bertz CT molecular complexity index is 1290. The van der Waals surface area contributed by atoms with Gasteiger partial charge in [0.1, 0.15) is 5.52 Å². The van der Waals surface area contributed by atoms with Crippen LogP contribution in [0.5, 0.6) is 0 Å². The zero-order chi connectivity index (χ0) is 22.2. The first-order valence-corrected chi connectivity index (χ1v) is 11.3.